The molecule has 10 rings (SSSR count). The number of aromatic amines is 3. The van der Waals surface area contributed by atoms with E-state index in [2.05, 4.69) is 167 Å². The highest BCUT2D eigenvalue weighted by Crippen LogP contribution is 2.38. The van der Waals surface area contributed by atoms with Gasteiger partial charge in [-0.2, -0.15) is 0 Å². The summed E-state index contributed by atoms with van der Waals surface area (Å²) < 4.78 is 0. The van der Waals surface area contributed by atoms with Crippen molar-refractivity contribution in [1.29, 1.82) is 0 Å². The summed E-state index contributed by atoms with van der Waals surface area (Å²) in [5.74, 6) is 0. The molecule has 7 heterocycles. The first kappa shape index (κ1) is 32.3. The quantitative estimate of drug-likeness (QED) is 0.166. The van der Waals surface area contributed by atoms with E-state index in [1.807, 2.05) is 30.6 Å². The zero-order chi connectivity index (χ0) is 36.9. The number of H-pyrrole nitrogens is 3. The highest BCUT2D eigenvalue weighted by atomic mass is 14.8. The Bertz CT molecular complexity index is 2930. The Morgan fingerprint density at radius 3 is 1.62 bits per heavy atom. The number of hydrogen-bond acceptors (Lipinski definition) is 3. The predicted octanol–water partition coefficient (Wildman–Crippen LogP) is 12.0. The van der Waals surface area contributed by atoms with Gasteiger partial charge < -0.3 is 15.0 Å². The molecule has 8 bridgehead atoms. The van der Waals surface area contributed by atoms with Crippen molar-refractivity contribution in [3.05, 3.63) is 184 Å². The Morgan fingerprint density at radius 1 is 0.491 bits per heavy atom. The van der Waals surface area contributed by atoms with E-state index in [0.717, 1.165) is 106 Å². The largest absolute Gasteiger partial charge is 0.361 e. The van der Waals surface area contributed by atoms with E-state index in [-0.39, 0.29) is 0 Å². The number of allylic oxidation sites excluding steroid dienone is 2. The molecule has 3 aromatic carbocycles. The van der Waals surface area contributed by atoms with Gasteiger partial charge in [0.25, 0.3) is 0 Å². The maximum atomic E-state index is 5.43. The lowest BCUT2D eigenvalue weighted by molar-refractivity contribution is 1.27. The summed E-state index contributed by atoms with van der Waals surface area (Å²) in [6.45, 7) is 4.25. The Hall–Kier alpha value is -7.31. The standard InChI is InChI=1S/C49H36N6/c1-30-12-14-33(15-13-30)48-43-25-24-42(54-43)47(32-8-4-3-5-9-32)40-22-20-36(52-40)31(2)37-21-23-41(53-37)49(45-27-26-44(48)55-45)35-18-16-34(17-19-35)46(38-10-6-28-50-38)39-11-7-29-51-39/h3-29,50,53-54H,1-2H3/b36-31?,37-31?,46-39-,47-40?,47-42?,48-43?,48-44?,49-41?,49-45?. The van der Waals surface area contributed by atoms with E-state index in [9.17, 15) is 0 Å². The molecule has 262 valence electrons. The van der Waals surface area contributed by atoms with Crippen molar-refractivity contribution in [2.45, 2.75) is 13.8 Å². The average Bonchev–Trinajstić information content (AvgIpc) is 4.07. The molecule has 0 spiro atoms. The van der Waals surface area contributed by atoms with Crippen LogP contribution in [0.25, 0.3) is 85.3 Å². The minimum absolute atomic E-state index is 0.883. The van der Waals surface area contributed by atoms with Gasteiger partial charge in [0.1, 0.15) is 0 Å². The van der Waals surface area contributed by atoms with Gasteiger partial charge in [-0.05, 0) is 115 Å². The van der Waals surface area contributed by atoms with Gasteiger partial charge in [-0.15, -0.1) is 0 Å². The van der Waals surface area contributed by atoms with Gasteiger partial charge in [-0.25, -0.2) is 9.97 Å². The van der Waals surface area contributed by atoms with E-state index >= 15 is 0 Å². The van der Waals surface area contributed by atoms with Crippen LogP contribution in [0.4, 0.5) is 0 Å². The molecule has 6 nitrogen and oxygen atoms in total. The SMILES string of the molecule is Cc1ccc(-c2c3nc(c(-c4ccc(/C(=C5\C=CC=N5)c5ccc[nH]5)cc4)c4ccc([nH]4)c(C)c4nc(c(-c5ccccc5)c5ccc2[nH]5)C=C4)C=C3)cc1. The Kier molecular flexibility index (Phi) is 7.81. The second-order valence-electron chi connectivity index (χ2n) is 14.0. The maximum Gasteiger partial charge on any atom is 0.0737 e. The summed E-state index contributed by atoms with van der Waals surface area (Å²) >= 11 is 0. The van der Waals surface area contributed by atoms with E-state index in [4.69, 9.17) is 9.97 Å². The van der Waals surface area contributed by atoms with Crippen LogP contribution in [0.15, 0.2) is 144 Å². The number of fused-ring (bicyclic) bond motifs is 8. The van der Waals surface area contributed by atoms with Crippen LogP contribution >= 0.6 is 0 Å². The normalized spacial score (nSPS) is 13.9. The van der Waals surface area contributed by atoms with E-state index in [1.165, 1.54) is 5.56 Å². The lowest BCUT2D eigenvalue weighted by atomic mass is 9.96. The van der Waals surface area contributed by atoms with Gasteiger partial charge in [0, 0.05) is 62.4 Å². The molecule has 0 aliphatic carbocycles. The van der Waals surface area contributed by atoms with Crippen molar-refractivity contribution in [1.82, 2.24) is 24.9 Å². The molecule has 55 heavy (non-hydrogen) atoms. The van der Waals surface area contributed by atoms with Crippen LogP contribution in [0.2, 0.25) is 0 Å². The molecule has 0 amide bonds. The van der Waals surface area contributed by atoms with Gasteiger partial charge >= 0.3 is 0 Å². The molecule has 0 saturated heterocycles. The van der Waals surface area contributed by atoms with Crippen molar-refractivity contribution < 1.29 is 0 Å². The molecule has 0 atom stereocenters. The molecule has 6 heteroatoms. The van der Waals surface area contributed by atoms with Crippen molar-refractivity contribution in [2.24, 2.45) is 4.99 Å². The molecule has 7 aromatic rings. The number of benzene rings is 3. The van der Waals surface area contributed by atoms with Crippen LogP contribution in [-0.4, -0.2) is 31.1 Å². The monoisotopic (exact) mass is 708 g/mol. The minimum Gasteiger partial charge on any atom is -0.361 e. The summed E-state index contributed by atoms with van der Waals surface area (Å²) in [7, 11) is 0. The first-order chi connectivity index (χ1) is 27.1. The number of nitrogens with one attached hydrogen (secondary N) is 3. The predicted molar refractivity (Wildman–Crippen MR) is 229 cm³/mol. The maximum absolute atomic E-state index is 5.43. The Labute approximate surface area is 318 Å². The molecule has 0 unspecified atom stereocenters. The van der Waals surface area contributed by atoms with Gasteiger partial charge in [0.15, 0.2) is 0 Å². The number of aryl methyl sites for hydroxylation is 2. The smallest absolute Gasteiger partial charge is 0.0737 e. The summed E-state index contributed by atoms with van der Waals surface area (Å²) in [4.78, 5) is 26.3. The Morgan fingerprint density at radius 2 is 1.04 bits per heavy atom. The second kappa shape index (κ2) is 13.3. The van der Waals surface area contributed by atoms with E-state index in [0.29, 0.717) is 0 Å². The third-order valence-corrected chi connectivity index (χ3v) is 10.6. The summed E-state index contributed by atoms with van der Waals surface area (Å²) in [5.41, 5.74) is 20.3. The fourth-order valence-corrected chi connectivity index (χ4v) is 7.76. The lowest BCUT2D eigenvalue weighted by Gasteiger charge is -2.10. The summed E-state index contributed by atoms with van der Waals surface area (Å²) in [6, 6.07) is 40.7. The van der Waals surface area contributed by atoms with Gasteiger partial charge in [0.05, 0.1) is 28.5 Å². The molecule has 0 saturated carbocycles. The number of aliphatic imine (C=N–C) groups is 1. The first-order valence-corrected chi connectivity index (χ1v) is 18.5. The average molecular weight is 709 g/mol. The first-order valence-electron chi connectivity index (χ1n) is 18.5. The molecule has 4 aromatic heterocycles. The lowest BCUT2D eigenvalue weighted by Crippen LogP contribution is -1.93. The third-order valence-electron chi connectivity index (χ3n) is 10.6. The zero-order valence-electron chi connectivity index (χ0n) is 30.4. The van der Waals surface area contributed by atoms with Crippen LogP contribution in [0.1, 0.15) is 45.2 Å². The summed E-state index contributed by atoms with van der Waals surface area (Å²) in [5, 5.41) is 0. The van der Waals surface area contributed by atoms with Gasteiger partial charge in [0.2, 0.25) is 0 Å². The van der Waals surface area contributed by atoms with Crippen LogP contribution < -0.4 is 0 Å². The second-order valence-corrected chi connectivity index (χ2v) is 14.0. The Balaban J connectivity index is 1.26. The molecule has 3 aliphatic heterocycles. The van der Waals surface area contributed by atoms with Crippen LogP contribution in [0.5, 0.6) is 0 Å². The third kappa shape index (κ3) is 5.81. The molecule has 0 radical (unpaired) electrons. The number of nitrogens with zero attached hydrogens (tertiary/aromatic N) is 3. The van der Waals surface area contributed by atoms with Crippen molar-refractivity contribution in [2.75, 3.05) is 0 Å². The van der Waals surface area contributed by atoms with Crippen LogP contribution in [0, 0.1) is 13.8 Å². The van der Waals surface area contributed by atoms with Crippen molar-refractivity contribution in [3.8, 4) is 33.4 Å². The molecule has 3 aliphatic rings. The van der Waals surface area contributed by atoms with E-state index in [1.54, 1.807) is 0 Å². The van der Waals surface area contributed by atoms with Crippen LogP contribution in [-0.2, 0) is 0 Å². The summed E-state index contributed by atoms with van der Waals surface area (Å²) in [6.07, 6.45) is 16.3. The number of hydrogen-bond donors (Lipinski definition) is 3. The topological polar surface area (TPSA) is 85.5 Å². The molecule has 3 N–H and O–H groups in total. The van der Waals surface area contributed by atoms with Crippen molar-refractivity contribution >= 4 is 58.2 Å². The van der Waals surface area contributed by atoms with Gasteiger partial charge in [-0.3, -0.25) is 4.99 Å². The van der Waals surface area contributed by atoms with Crippen LogP contribution in [0.3, 0.4) is 0 Å². The van der Waals surface area contributed by atoms with Crippen molar-refractivity contribution in [3.63, 3.8) is 0 Å². The fourth-order valence-electron chi connectivity index (χ4n) is 7.76. The molecular formula is C49H36N6. The van der Waals surface area contributed by atoms with Gasteiger partial charge in [-0.1, -0.05) is 84.4 Å². The highest BCUT2D eigenvalue weighted by Gasteiger charge is 2.19. The molecule has 0 fully saturated rings. The number of rotatable bonds is 5. The minimum atomic E-state index is 0.883. The fraction of sp³-hybridized carbons (Fsp3) is 0.0408. The highest BCUT2D eigenvalue weighted by molar-refractivity contribution is 5.98. The molecular weight excluding hydrogens is 673 g/mol. The zero-order valence-corrected chi connectivity index (χ0v) is 30.4. The van der Waals surface area contributed by atoms with E-state index < -0.39 is 0 Å². The number of aromatic nitrogens is 5.